The van der Waals surface area contributed by atoms with Crippen LogP contribution in [-0.2, 0) is 30.2 Å². The Bertz CT molecular complexity index is 674. The van der Waals surface area contributed by atoms with E-state index in [2.05, 4.69) is 11.9 Å². The third kappa shape index (κ3) is 11.1. The minimum Gasteiger partial charge on any atom is -0.493 e. The summed E-state index contributed by atoms with van der Waals surface area (Å²) in [4.78, 5) is 19.0. The van der Waals surface area contributed by atoms with Crippen molar-refractivity contribution in [3.63, 3.8) is 0 Å². The van der Waals surface area contributed by atoms with Crippen molar-refractivity contribution in [1.82, 2.24) is 9.88 Å². The first-order valence-corrected chi connectivity index (χ1v) is 12.7. The zero-order valence-corrected chi connectivity index (χ0v) is 21.3. The molecule has 1 aromatic rings. The molecule has 1 unspecified atom stereocenters. The van der Waals surface area contributed by atoms with E-state index in [1.165, 1.54) is 43.4 Å². The molecule has 8 nitrogen and oxygen atoms in total. The van der Waals surface area contributed by atoms with Crippen molar-refractivity contribution in [2.24, 2.45) is 5.92 Å². The van der Waals surface area contributed by atoms with Crippen LogP contribution in [0.25, 0.3) is 0 Å². The molecule has 1 aromatic heterocycles. The lowest BCUT2D eigenvalue weighted by atomic mass is 9.93. The minimum atomic E-state index is -0.605. The van der Waals surface area contributed by atoms with Crippen LogP contribution in [0.3, 0.4) is 0 Å². The minimum absolute atomic E-state index is 0.0572. The predicted molar refractivity (Wildman–Crippen MR) is 130 cm³/mol. The van der Waals surface area contributed by atoms with E-state index in [-0.39, 0.29) is 32.5 Å². The lowest BCUT2D eigenvalue weighted by Crippen LogP contribution is -2.46. The van der Waals surface area contributed by atoms with E-state index in [4.69, 9.17) is 23.7 Å². The van der Waals surface area contributed by atoms with E-state index in [0.29, 0.717) is 18.9 Å². The van der Waals surface area contributed by atoms with Gasteiger partial charge < -0.3 is 23.7 Å². The Kier molecular flexibility index (Phi) is 14.8. The molecule has 0 saturated heterocycles. The van der Waals surface area contributed by atoms with Gasteiger partial charge in [-0.3, -0.25) is 14.7 Å². The van der Waals surface area contributed by atoms with E-state index in [0.717, 1.165) is 30.9 Å². The molecule has 0 fully saturated rings. The number of amides is 1. The van der Waals surface area contributed by atoms with Gasteiger partial charge >= 0.3 is 0 Å². The SMILES string of the molecule is CCC1CCCCCCOC[C@@H](OCOC)N(COC)C(=O)Cc2cc(ccn2)OCCCC1. The van der Waals surface area contributed by atoms with Gasteiger partial charge in [-0.05, 0) is 31.2 Å². The van der Waals surface area contributed by atoms with Gasteiger partial charge in [-0.25, -0.2) is 0 Å². The summed E-state index contributed by atoms with van der Waals surface area (Å²) in [7, 11) is 3.10. The van der Waals surface area contributed by atoms with Crippen LogP contribution < -0.4 is 4.74 Å². The van der Waals surface area contributed by atoms with E-state index < -0.39 is 6.23 Å². The van der Waals surface area contributed by atoms with Gasteiger partial charge in [0.25, 0.3) is 0 Å². The average Bonchev–Trinajstić information content (AvgIpc) is 2.84. The number of nitrogens with zero attached hydrogens (tertiary/aromatic N) is 2. The Morgan fingerprint density at radius 2 is 1.82 bits per heavy atom. The third-order valence-electron chi connectivity index (χ3n) is 6.20. The largest absolute Gasteiger partial charge is 0.493 e. The van der Waals surface area contributed by atoms with Crippen molar-refractivity contribution in [2.75, 3.05) is 47.6 Å². The van der Waals surface area contributed by atoms with Crippen LogP contribution in [0.4, 0.5) is 0 Å². The maximum Gasteiger partial charge on any atom is 0.232 e. The van der Waals surface area contributed by atoms with Gasteiger partial charge in [0.2, 0.25) is 5.91 Å². The summed E-state index contributed by atoms with van der Waals surface area (Å²) in [6.45, 7) is 4.01. The Hall–Kier alpha value is -1.74. The maximum atomic E-state index is 13.1. The molecule has 1 aliphatic rings. The summed E-state index contributed by atoms with van der Waals surface area (Å²) >= 11 is 0. The van der Waals surface area contributed by atoms with Crippen LogP contribution in [0.15, 0.2) is 18.3 Å². The second-order valence-electron chi connectivity index (χ2n) is 8.87. The third-order valence-corrected chi connectivity index (χ3v) is 6.20. The predicted octanol–water partition coefficient (Wildman–Crippen LogP) is 4.56. The van der Waals surface area contributed by atoms with Gasteiger partial charge in [0, 0.05) is 33.1 Å². The van der Waals surface area contributed by atoms with Crippen molar-refractivity contribution >= 4 is 5.91 Å². The fourth-order valence-electron chi connectivity index (χ4n) is 4.18. The number of aromatic nitrogens is 1. The van der Waals surface area contributed by atoms with E-state index in [1.807, 2.05) is 12.1 Å². The number of pyridine rings is 1. The highest BCUT2D eigenvalue weighted by molar-refractivity contribution is 5.78. The molecule has 1 amide bonds. The number of hydrogen-bond donors (Lipinski definition) is 0. The smallest absolute Gasteiger partial charge is 0.232 e. The Balaban J connectivity index is 2.08. The van der Waals surface area contributed by atoms with Crippen LogP contribution in [0.5, 0.6) is 5.75 Å². The number of hydrogen-bond acceptors (Lipinski definition) is 7. The van der Waals surface area contributed by atoms with Gasteiger partial charge in [-0.15, -0.1) is 0 Å². The van der Waals surface area contributed by atoms with E-state index in [9.17, 15) is 4.79 Å². The van der Waals surface area contributed by atoms with Crippen molar-refractivity contribution in [1.29, 1.82) is 0 Å². The molecule has 0 N–H and O–H groups in total. The highest BCUT2D eigenvalue weighted by Crippen LogP contribution is 2.21. The molecular weight excluding hydrogens is 436 g/mol. The zero-order valence-electron chi connectivity index (χ0n) is 21.3. The van der Waals surface area contributed by atoms with Crippen molar-refractivity contribution in [3.8, 4) is 5.75 Å². The molecule has 0 saturated carbocycles. The molecule has 2 atom stereocenters. The molecule has 0 aromatic carbocycles. The summed E-state index contributed by atoms with van der Waals surface area (Å²) in [5, 5.41) is 0. The molecule has 194 valence electrons. The molecule has 0 aliphatic carbocycles. The summed E-state index contributed by atoms with van der Waals surface area (Å²) in [5.41, 5.74) is 0.645. The Morgan fingerprint density at radius 1 is 1.06 bits per heavy atom. The first kappa shape index (κ1) is 28.5. The number of carbonyl (C=O) groups excluding carboxylic acids is 1. The maximum absolute atomic E-state index is 13.1. The van der Waals surface area contributed by atoms with Gasteiger partial charge in [-0.1, -0.05) is 45.4 Å². The standard InChI is InChI=1S/C26H44N2O6/c1-4-22-11-7-5-6-9-15-32-19-26(34-21-31-3)28(20-30-2)25(29)18-23-17-24(13-14-27-23)33-16-10-8-12-22/h13-14,17,22,26H,4-12,15-16,18-21H2,1-3H3/t22?,26-/m1/s1. The zero-order chi connectivity index (χ0) is 24.4. The second-order valence-corrected chi connectivity index (χ2v) is 8.87. The molecular formula is C26H44N2O6. The number of ether oxygens (including phenoxy) is 5. The Labute approximate surface area is 205 Å². The molecule has 34 heavy (non-hydrogen) atoms. The molecule has 0 spiro atoms. The number of methoxy groups -OCH3 is 2. The highest BCUT2D eigenvalue weighted by Gasteiger charge is 2.25. The normalized spacial score (nSPS) is 22.6. The summed E-state index contributed by atoms with van der Waals surface area (Å²) < 4.78 is 28.0. The monoisotopic (exact) mass is 480 g/mol. The molecule has 8 heteroatoms. The van der Waals surface area contributed by atoms with Crippen LogP contribution >= 0.6 is 0 Å². The van der Waals surface area contributed by atoms with Crippen molar-refractivity contribution < 1.29 is 28.5 Å². The second kappa shape index (κ2) is 17.7. The summed E-state index contributed by atoms with van der Waals surface area (Å²) in [6.07, 6.45) is 11.9. The van der Waals surface area contributed by atoms with Crippen molar-refractivity contribution in [2.45, 2.75) is 77.4 Å². The van der Waals surface area contributed by atoms with Crippen LogP contribution in [0.1, 0.15) is 70.4 Å². The van der Waals surface area contributed by atoms with Gasteiger partial charge in [0.05, 0.1) is 25.3 Å². The molecule has 0 radical (unpaired) electrons. The Morgan fingerprint density at radius 3 is 2.59 bits per heavy atom. The van der Waals surface area contributed by atoms with Crippen LogP contribution in [0.2, 0.25) is 0 Å². The number of fused-ring (bicyclic) bond motifs is 2. The van der Waals surface area contributed by atoms with Crippen LogP contribution in [0, 0.1) is 5.92 Å². The molecule has 2 heterocycles. The summed E-state index contributed by atoms with van der Waals surface area (Å²) in [5.74, 6) is 1.38. The fraction of sp³-hybridized carbons (Fsp3) is 0.769. The first-order valence-electron chi connectivity index (χ1n) is 12.7. The van der Waals surface area contributed by atoms with Crippen LogP contribution in [-0.4, -0.2) is 69.6 Å². The number of carbonyl (C=O) groups is 1. The number of rotatable bonds is 6. The lowest BCUT2D eigenvalue weighted by Gasteiger charge is -2.30. The van der Waals surface area contributed by atoms with E-state index in [1.54, 1.807) is 20.4 Å². The van der Waals surface area contributed by atoms with Gasteiger partial charge in [0.1, 0.15) is 19.3 Å². The van der Waals surface area contributed by atoms with Gasteiger partial charge in [0.15, 0.2) is 6.23 Å². The van der Waals surface area contributed by atoms with Gasteiger partial charge in [-0.2, -0.15) is 0 Å². The quantitative estimate of drug-likeness (QED) is 0.552. The highest BCUT2D eigenvalue weighted by atomic mass is 16.7. The lowest BCUT2D eigenvalue weighted by molar-refractivity contribution is -0.184. The average molecular weight is 481 g/mol. The fourth-order valence-corrected chi connectivity index (χ4v) is 4.18. The molecule has 2 rings (SSSR count). The molecule has 2 bridgehead atoms. The molecule has 1 aliphatic heterocycles. The first-order chi connectivity index (χ1) is 16.7. The topological polar surface area (TPSA) is 79.4 Å². The van der Waals surface area contributed by atoms with Crippen molar-refractivity contribution in [3.05, 3.63) is 24.0 Å². The summed E-state index contributed by atoms with van der Waals surface area (Å²) in [6, 6.07) is 3.67. The van der Waals surface area contributed by atoms with E-state index >= 15 is 0 Å².